The molecule has 0 aromatic heterocycles. The Balaban J connectivity index is 1.65. The zero-order valence-electron chi connectivity index (χ0n) is 26.2. The lowest BCUT2D eigenvalue weighted by molar-refractivity contribution is -0.145. The van der Waals surface area contributed by atoms with E-state index in [-0.39, 0.29) is 37.3 Å². The normalized spacial score (nSPS) is 15.1. The van der Waals surface area contributed by atoms with E-state index in [9.17, 15) is 24.3 Å². The Morgan fingerprint density at radius 3 is 1.98 bits per heavy atom. The number of carboxylic acid groups (broad SMARTS) is 1. The summed E-state index contributed by atoms with van der Waals surface area (Å²) in [6.07, 6.45) is -0.891. The Hall–Kier alpha value is -3.92. The highest BCUT2D eigenvalue weighted by Gasteiger charge is 2.36. The molecule has 2 aromatic rings. The van der Waals surface area contributed by atoms with E-state index >= 15 is 0 Å². The molecule has 10 nitrogen and oxygen atoms in total. The van der Waals surface area contributed by atoms with Crippen molar-refractivity contribution in [3.63, 3.8) is 0 Å². The van der Waals surface area contributed by atoms with Crippen LogP contribution in [0.25, 0.3) is 11.1 Å². The first kappa shape index (κ1) is 33.6. The van der Waals surface area contributed by atoms with E-state index in [4.69, 9.17) is 9.47 Å². The van der Waals surface area contributed by atoms with Crippen molar-refractivity contribution >= 4 is 23.9 Å². The predicted molar refractivity (Wildman–Crippen MR) is 164 cm³/mol. The van der Waals surface area contributed by atoms with Gasteiger partial charge in [0.25, 0.3) is 0 Å². The SMILES string of the molecule is CCC(C)C(C(CC(=O)O)OC)N(C)C(=O)CNC(=O)C(C(C)C)N(C)C(=O)OCC1c2ccccc2-c2ccccc21. The third-order valence-electron chi connectivity index (χ3n) is 8.48. The van der Waals surface area contributed by atoms with Gasteiger partial charge < -0.3 is 24.8 Å². The molecule has 3 amide bonds. The van der Waals surface area contributed by atoms with Gasteiger partial charge in [-0.25, -0.2) is 4.79 Å². The number of nitrogens with one attached hydrogen (secondary N) is 1. The topological polar surface area (TPSA) is 125 Å². The maximum Gasteiger partial charge on any atom is 0.410 e. The molecule has 2 aromatic carbocycles. The average molecular weight is 596 g/mol. The van der Waals surface area contributed by atoms with Gasteiger partial charge >= 0.3 is 12.1 Å². The van der Waals surface area contributed by atoms with Gasteiger partial charge in [0, 0.05) is 27.1 Å². The molecule has 4 unspecified atom stereocenters. The standard InChI is InChI=1S/C33H45N3O7/c1-8-21(4)31(27(42-7)17-29(38)39)35(5)28(37)18-34-32(40)30(20(2)3)36(6)33(41)43-19-26-24-15-11-9-13-22(24)23-14-10-12-16-25(23)26/h9-16,20-21,26-27,30-31H,8,17-19H2,1-7H3,(H,34,40)(H,38,39). The van der Waals surface area contributed by atoms with Crippen LogP contribution in [0, 0.1) is 11.8 Å². The lowest BCUT2D eigenvalue weighted by Crippen LogP contribution is -2.55. The van der Waals surface area contributed by atoms with Crippen LogP contribution >= 0.6 is 0 Å². The first-order valence-electron chi connectivity index (χ1n) is 14.8. The number of carbonyl (C=O) groups excluding carboxylic acids is 3. The number of aliphatic carboxylic acids is 1. The van der Waals surface area contributed by atoms with Crippen LogP contribution in [0.4, 0.5) is 4.79 Å². The van der Waals surface area contributed by atoms with E-state index < -0.39 is 42.1 Å². The smallest absolute Gasteiger partial charge is 0.410 e. The van der Waals surface area contributed by atoms with Gasteiger partial charge in [0.05, 0.1) is 25.1 Å². The number of ether oxygens (including phenoxy) is 2. The van der Waals surface area contributed by atoms with Gasteiger partial charge in [-0.05, 0) is 34.1 Å². The first-order valence-corrected chi connectivity index (χ1v) is 14.8. The Labute approximate surface area is 254 Å². The minimum Gasteiger partial charge on any atom is -0.481 e. The summed E-state index contributed by atoms with van der Waals surface area (Å²) in [4.78, 5) is 53.8. The molecule has 1 aliphatic carbocycles. The molecule has 3 rings (SSSR count). The molecular formula is C33H45N3O7. The largest absolute Gasteiger partial charge is 0.481 e. The number of amides is 3. The lowest BCUT2D eigenvalue weighted by Gasteiger charge is -2.37. The Morgan fingerprint density at radius 2 is 1.49 bits per heavy atom. The van der Waals surface area contributed by atoms with Gasteiger partial charge in [-0.3, -0.25) is 19.3 Å². The molecule has 0 fully saturated rings. The monoisotopic (exact) mass is 595 g/mol. The summed E-state index contributed by atoms with van der Waals surface area (Å²) in [6.45, 7) is 7.34. The number of carboxylic acids is 1. The molecule has 234 valence electrons. The van der Waals surface area contributed by atoms with Crippen LogP contribution in [-0.4, -0.2) is 91.3 Å². The van der Waals surface area contributed by atoms with Crippen molar-refractivity contribution < 1.29 is 33.8 Å². The number of methoxy groups -OCH3 is 1. The van der Waals surface area contributed by atoms with Crippen LogP contribution < -0.4 is 5.32 Å². The van der Waals surface area contributed by atoms with Crippen molar-refractivity contribution in [2.75, 3.05) is 34.4 Å². The number of rotatable bonds is 14. The van der Waals surface area contributed by atoms with E-state index in [0.29, 0.717) is 6.42 Å². The molecule has 2 N–H and O–H groups in total. The predicted octanol–water partition coefficient (Wildman–Crippen LogP) is 4.37. The quantitative estimate of drug-likeness (QED) is 0.332. The summed E-state index contributed by atoms with van der Waals surface area (Å²) in [5.41, 5.74) is 4.43. The highest BCUT2D eigenvalue weighted by atomic mass is 16.6. The summed E-state index contributed by atoms with van der Waals surface area (Å²) < 4.78 is 11.2. The van der Waals surface area contributed by atoms with Crippen LogP contribution in [0.3, 0.4) is 0 Å². The van der Waals surface area contributed by atoms with Gasteiger partial charge in [0.15, 0.2) is 0 Å². The first-order chi connectivity index (χ1) is 20.4. The van der Waals surface area contributed by atoms with Crippen LogP contribution in [0.1, 0.15) is 57.6 Å². The van der Waals surface area contributed by atoms with Gasteiger partial charge in [-0.15, -0.1) is 0 Å². The second-order valence-electron chi connectivity index (χ2n) is 11.6. The van der Waals surface area contributed by atoms with E-state index in [1.807, 2.05) is 64.1 Å². The molecule has 4 atom stereocenters. The third-order valence-corrected chi connectivity index (χ3v) is 8.48. The number of carbonyl (C=O) groups is 4. The van der Waals surface area contributed by atoms with Gasteiger partial charge in [-0.2, -0.15) is 0 Å². The van der Waals surface area contributed by atoms with Crippen molar-refractivity contribution in [2.24, 2.45) is 11.8 Å². The maximum absolute atomic E-state index is 13.3. The molecule has 0 heterocycles. The van der Waals surface area contributed by atoms with Crippen LogP contribution in [0.15, 0.2) is 48.5 Å². The van der Waals surface area contributed by atoms with E-state index in [1.165, 1.54) is 24.0 Å². The van der Waals surface area contributed by atoms with E-state index in [1.54, 1.807) is 7.05 Å². The molecular weight excluding hydrogens is 550 g/mol. The number of hydrogen-bond acceptors (Lipinski definition) is 6. The van der Waals surface area contributed by atoms with Crippen molar-refractivity contribution in [3.8, 4) is 11.1 Å². The van der Waals surface area contributed by atoms with Crippen molar-refractivity contribution in [3.05, 3.63) is 59.7 Å². The lowest BCUT2D eigenvalue weighted by atomic mass is 9.91. The number of nitrogens with zero attached hydrogens (tertiary/aromatic N) is 2. The van der Waals surface area contributed by atoms with E-state index in [2.05, 4.69) is 17.4 Å². The minimum atomic E-state index is -1.02. The van der Waals surface area contributed by atoms with Crippen LogP contribution in [0.5, 0.6) is 0 Å². The van der Waals surface area contributed by atoms with Crippen molar-refractivity contribution in [1.29, 1.82) is 0 Å². The molecule has 0 saturated heterocycles. The fraction of sp³-hybridized carbons (Fsp3) is 0.515. The summed E-state index contributed by atoms with van der Waals surface area (Å²) in [5, 5.41) is 12.0. The molecule has 1 aliphatic rings. The average Bonchev–Trinajstić information content (AvgIpc) is 3.31. The highest BCUT2D eigenvalue weighted by Crippen LogP contribution is 2.44. The van der Waals surface area contributed by atoms with Gasteiger partial charge in [0.2, 0.25) is 11.8 Å². The maximum atomic E-state index is 13.3. The van der Waals surface area contributed by atoms with Crippen LogP contribution in [0.2, 0.25) is 0 Å². The number of likely N-dealkylation sites (N-methyl/N-ethyl adjacent to an activating group) is 2. The Kier molecular flexibility index (Phi) is 11.7. The fourth-order valence-electron chi connectivity index (χ4n) is 6.05. The number of fused-ring (bicyclic) bond motifs is 3. The second kappa shape index (κ2) is 15.0. The molecule has 10 heteroatoms. The molecule has 0 radical (unpaired) electrons. The highest BCUT2D eigenvalue weighted by molar-refractivity contribution is 5.89. The molecule has 43 heavy (non-hydrogen) atoms. The Bertz CT molecular complexity index is 1250. The zero-order valence-corrected chi connectivity index (χ0v) is 26.2. The second-order valence-corrected chi connectivity index (χ2v) is 11.6. The molecule has 0 bridgehead atoms. The Morgan fingerprint density at radius 1 is 0.930 bits per heavy atom. The summed E-state index contributed by atoms with van der Waals surface area (Å²) in [6, 6.07) is 14.7. The van der Waals surface area contributed by atoms with Gasteiger partial charge in [-0.1, -0.05) is 82.6 Å². The summed E-state index contributed by atoms with van der Waals surface area (Å²) in [7, 11) is 4.53. The molecule has 0 spiro atoms. The fourth-order valence-corrected chi connectivity index (χ4v) is 6.05. The van der Waals surface area contributed by atoms with Crippen molar-refractivity contribution in [2.45, 2.75) is 64.6 Å². The van der Waals surface area contributed by atoms with Crippen molar-refractivity contribution in [1.82, 2.24) is 15.1 Å². The third kappa shape index (κ3) is 7.73. The molecule has 0 aliphatic heterocycles. The number of benzene rings is 2. The summed E-state index contributed by atoms with van der Waals surface area (Å²) >= 11 is 0. The minimum absolute atomic E-state index is 0.0444. The van der Waals surface area contributed by atoms with Crippen LogP contribution in [-0.2, 0) is 23.9 Å². The molecule has 0 saturated carbocycles. The summed E-state index contributed by atoms with van der Waals surface area (Å²) in [5.74, 6) is -2.32. The van der Waals surface area contributed by atoms with E-state index in [0.717, 1.165) is 22.3 Å². The van der Waals surface area contributed by atoms with Gasteiger partial charge in [0.1, 0.15) is 12.6 Å². The number of hydrogen-bond donors (Lipinski definition) is 2. The zero-order chi connectivity index (χ0) is 31.8.